The van der Waals surface area contributed by atoms with Gasteiger partial charge in [-0.3, -0.25) is 0 Å². The van der Waals surface area contributed by atoms with E-state index < -0.39 is 0 Å². The average molecular weight is 174 g/mol. The van der Waals surface area contributed by atoms with E-state index in [1.165, 1.54) is 11.1 Å². The Hall–Kier alpha value is -1.37. The Kier molecular flexibility index (Phi) is 3.97. The quantitative estimate of drug-likeness (QED) is 0.641. The summed E-state index contributed by atoms with van der Waals surface area (Å²) in [6.45, 7) is 2.01. The minimum absolute atomic E-state index is 0.606. The summed E-state index contributed by atoms with van der Waals surface area (Å²) in [5.41, 5.74) is 2.46. The first-order valence-corrected chi connectivity index (χ1v) is 4.52. The van der Waals surface area contributed by atoms with Crippen molar-refractivity contribution in [1.29, 1.82) is 0 Å². The molecule has 0 fully saturated rings. The van der Waals surface area contributed by atoms with Gasteiger partial charge in [0.25, 0.3) is 0 Å². The molecule has 0 aromatic heterocycles. The van der Waals surface area contributed by atoms with Crippen LogP contribution in [0.4, 0.5) is 0 Å². The lowest BCUT2D eigenvalue weighted by molar-refractivity contribution is -0.107. The molecule has 0 aliphatic heterocycles. The van der Waals surface area contributed by atoms with Crippen LogP contribution in [0, 0.1) is 0 Å². The lowest BCUT2D eigenvalue weighted by Crippen LogP contribution is -1.84. The molecule has 68 valence electrons. The van der Waals surface area contributed by atoms with Crippen molar-refractivity contribution in [2.45, 2.75) is 19.8 Å². The van der Waals surface area contributed by atoms with Crippen molar-refractivity contribution in [3.63, 3.8) is 0 Å². The predicted molar refractivity (Wildman–Crippen MR) is 55.4 cm³/mol. The van der Waals surface area contributed by atoms with E-state index in [2.05, 4.69) is 18.2 Å². The third-order valence-electron chi connectivity index (χ3n) is 2.02. The second-order valence-electron chi connectivity index (χ2n) is 2.89. The van der Waals surface area contributed by atoms with Crippen molar-refractivity contribution >= 4 is 11.9 Å². The van der Waals surface area contributed by atoms with Gasteiger partial charge in [-0.1, -0.05) is 36.4 Å². The number of hydrogen-bond donors (Lipinski definition) is 0. The molecule has 0 aliphatic carbocycles. The molecule has 0 saturated heterocycles. The Bertz CT molecular complexity index is 285. The fraction of sp³-hybridized carbons (Fsp3) is 0.250. The fourth-order valence-corrected chi connectivity index (χ4v) is 1.32. The van der Waals surface area contributed by atoms with E-state index in [0.29, 0.717) is 6.42 Å². The molecule has 0 spiro atoms. The molecule has 1 aromatic carbocycles. The third-order valence-corrected chi connectivity index (χ3v) is 2.02. The van der Waals surface area contributed by atoms with Crippen LogP contribution < -0.4 is 0 Å². The highest BCUT2D eigenvalue weighted by molar-refractivity contribution is 5.67. The molecule has 0 heterocycles. The van der Waals surface area contributed by atoms with Gasteiger partial charge >= 0.3 is 0 Å². The van der Waals surface area contributed by atoms with E-state index >= 15 is 0 Å². The van der Waals surface area contributed by atoms with Crippen LogP contribution in [0.1, 0.15) is 25.3 Å². The first-order valence-electron chi connectivity index (χ1n) is 4.52. The smallest absolute Gasteiger partial charge is 0.120 e. The Labute approximate surface area is 79.1 Å². The van der Waals surface area contributed by atoms with Crippen molar-refractivity contribution < 1.29 is 4.79 Å². The SMILES string of the molecule is C/C=C(/CCC=O)c1ccccc1. The zero-order valence-corrected chi connectivity index (χ0v) is 7.86. The van der Waals surface area contributed by atoms with Gasteiger partial charge in [0, 0.05) is 6.42 Å². The van der Waals surface area contributed by atoms with Crippen LogP contribution in [-0.2, 0) is 4.79 Å². The van der Waals surface area contributed by atoms with Crippen molar-refractivity contribution in [1.82, 2.24) is 0 Å². The lowest BCUT2D eigenvalue weighted by Gasteiger charge is -2.03. The number of hydrogen-bond acceptors (Lipinski definition) is 1. The highest BCUT2D eigenvalue weighted by Gasteiger charge is 1.98. The van der Waals surface area contributed by atoms with Crippen LogP contribution in [0.25, 0.3) is 5.57 Å². The Morgan fingerprint density at radius 3 is 2.54 bits per heavy atom. The van der Waals surface area contributed by atoms with Crippen molar-refractivity contribution in [2.24, 2.45) is 0 Å². The van der Waals surface area contributed by atoms with Crippen LogP contribution in [0.5, 0.6) is 0 Å². The minimum Gasteiger partial charge on any atom is -0.303 e. The van der Waals surface area contributed by atoms with E-state index in [4.69, 9.17) is 0 Å². The Morgan fingerprint density at radius 1 is 1.31 bits per heavy atom. The van der Waals surface area contributed by atoms with E-state index in [9.17, 15) is 4.79 Å². The highest BCUT2D eigenvalue weighted by atomic mass is 16.1. The van der Waals surface area contributed by atoms with Gasteiger partial charge in [0.05, 0.1) is 0 Å². The van der Waals surface area contributed by atoms with Crippen LogP contribution in [0.3, 0.4) is 0 Å². The highest BCUT2D eigenvalue weighted by Crippen LogP contribution is 2.18. The molecule has 0 amide bonds. The van der Waals surface area contributed by atoms with Gasteiger partial charge in [-0.2, -0.15) is 0 Å². The third kappa shape index (κ3) is 2.86. The summed E-state index contributed by atoms with van der Waals surface area (Å²) in [4.78, 5) is 10.2. The molecule has 1 aromatic rings. The second kappa shape index (κ2) is 5.31. The van der Waals surface area contributed by atoms with Gasteiger partial charge < -0.3 is 4.79 Å². The normalized spacial score (nSPS) is 11.3. The molecule has 0 saturated carbocycles. The number of benzene rings is 1. The van der Waals surface area contributed by atoms with Gasteiger partial charge in [-0.25, -0.2) is 0 Å². The molecule has 0 atom stereocenters. The van der Waals surface area contributed by atoms with E-state index in [-0.39, 0.29) is 0 Å². The lowest BCUT2D eigenvalue weighted by atomic mass is 10.0. The van der Waals surface area contributed by atoms with Crippen molar-refractivity contribution in [3.05, 3.63) is 42.0 Å². The molecular formula is C12H14O. The summed E-state index contributed by atoms with van der Waals surface area (Å²) < 4.78 is 0. The van der Waals surface area contributed by atoms with Crippen LogP contribution in [-0.4, -0.2) is 6.29 Å². The van der Waals surface area contributed by atoms with Gasteiger partial charge in [0.2, 0.25) is 0 Å². The molecule has 0 N–H and O–H groups in total. The number of aldehydes is 1. The summed E-state index contributed by atoms with van der Waals surface area (Å²) >= 11 is 0. The van der Waals surface area contributed by atoms with Crippen LogP contribution in [0.2, 0.25) is 0 Å². The van der Waals surface area contributed by atoms with E-state index in [1.54, 1.807) is 0 Å². The molecule has 0 radical (unpaired) electrons. The molecule has 1 rings (SSSR count). The zero-order chi connectivity index (χ0) is 9.52. The average Bonchev–Trinajstić information content (AvgIpc) is 2.21. The summed E-state index contributed by atoms with van der Waals surface area (Å²) in [7, 11) is 0. The van der Waals surface area contributed by atoms with Crippen molar-refractivity contribution in [2.75, 3.05) is 0 Å². The van der Waals surface area contributed by atoms with Crippen molar-refractivity contribution in [3.8, 4) is 0 Å². The monoisotopic (exact) mass is 174 g/mol. The number of carbonyl (C=O) groups excluding carboxylic acids is 1. The molecule has 13 heavy (non-hydrogen) atoms. The molecule has 0 unspecified atom stereocenters. The molecule has 1 heteroatoms. The summed E-state index contributed by atoms with van der Waals surface area (Å²) in [5.74, 6) is 0. The molecule has 1 nitrogen and oxygen atoms in total. The summed E-state index contributed by atoms with van der Waals surface area (Å²) in [6, 6.07) is 10.2. The van der Waals surface area contributed by atoms with Crippen LogP contribution >= 0.6 is 0 Å². The zero-order valence-electron chi connectivity index (χ0n) is 7.86. The van der Waals surface area contributed by atoms with Gasteiger partial charge in [-0.05, 0) is 24.5 Å². The molecule has 0 aliphatic rings. The number of rotatable bonds is 4. The Balaban J connectivity index is 2.74. The number of allylic oxidation sites excluding steroid dienone is 2. The minimum atomic E-state index is 0.606. The number of carbonyl (C=O) groups is 1. The molecule has 0 bridgehead atoms. The van der Waals surface area contributed by atoms with Gasteiger partial charge in [0.1, 0.15) is 6.29 Å². The maximum Gasteiger partial charge on any atom is 0.120 e. The largest absolute Gasteiger partial charge is 0.303 e. The predicted octanol–water partition coefficient (Wildman–Crippen LogP) is 3.07. The van der Waals surface area contributed by atoms with E-state index in [1.807, 2.05) is 25.1 Å². The first-order chi connectivity index (χ1) is 6.38. The van der Waals surface area contributed by atoms with Gasteiger partial charge in [-0.15, -0.1) is 0 Å². The maximum absolute atomic E-state index is 10.2. The van der Waals surface area contributed by atoms with Gasteiger partial charge in [0.15, 0.2) is 0 Å². The second-order valence-corrected chi connectivity index (χ2v) is 2.89. The summed E-state index contributed by atoms with van der Waals surface area (Å²) in [6.07, 6.45) is 4.48. The maximum atomic E-state index is 10.2. The van der Waals surface area contributed by atoms with Crippen LogP contribution in [0.15, 0.2) is 36.4 Å². The summed E-state index contributed by atoms with van der Waals surface area (Å²) in [5, 5.41) is 0. The standard InChI is InChI=1S/C12H14O/c1-2-11(9-6-10-13)12-7-4-3-5-8-12/h2-5,7-8,10H,6,9H2,1H3/b11-2-. The molecular weight excluding hydrogens is 160 g/mol. The topological polar surface area (TPSA) is 17.1 Å². The Morgan fingerprint density at radius 2 is 2.00 bits per heavy atom. The first kappa shape index (κ1) is 9.72. The van der Waals surface area contributed by atoms with E-state index in [0.717, 1.165) is 12.7 Å². The fourth-order valence-electron chi connectivity index (χ4n) is 1.32.